The van der Waals surface area contributed by atoms with Gasteiger partial charge in [-0.15, -0.1) is 11.3 Å². The van der Waals surface area contributed by atoms with Gasteiger partial charge in [0.25, 0.3) is 10.0 Å². The van der Waals surface area contributed by atoms with E-state index in [0.717, 1.165) is 30.8 Å². The van der Waals surface area contributed by atoms with Crippen molar-refractivity contribution in [3.05, 3.63) is 17.0 Å². The van der Waals surface area contributed by atoms with Crippen molar-refractivity contribution in [1.82, 2.24) is 9.62 Å². The number of nitrogens with one attached hydrogen (secondary N) is 1. The minimum Gasteiger partial charge on any atom is -0.316 e. The number of rotatable bonds is 9. The lowest BCUT2D eigenvalue weighted by Crippen LogP contribution is -2.29. The zero-order chi connectivity index (χ0) is 15.2. The van der Waals surface area contributed by atoms with Crippen molar-refractivity contribution >= 4 is 21.4 Å². The summed E-state index contributed by atoms with van der Waals surface area (Å²) >= 11 is 1.38. The molecule has 0 aromatic carbocycles. The summed E-state index contributed by atoms with van der Waals surface area (Å²) in [6, 6.07) is 3.65. The summed E-state index contributed by atoms with van der Waals surface area (Å²) in [4.78, 5) is 1.12. The van der Waals surface area contributed by atoms with Gasteiger partial charge in [-0.05, 0) is 44.0 Å². The van der Waals surface area contributed by atoms with Gasteiger partial charge in [0.1, 0.15) is 4.21 Å². The molecule has 0 bridgehead atoms. The highest BCUT2D eigenvalue weighted by Crippen LogP contribution is 2.25. The van der Waals surface area contributed by atoms with Gasteiger partial charge in [0.15, 0.2) is 0 Å². The molecule has 0 atom stereocenters. The van der Waals surface area contributed by atoms with Crippen molar-refractivity contribution in [3.8, 4) is 0 Å². The first-order valence-corrected chi connectivity index (χ1v) is 9.39. The third kappa shape index (κ3) is 5.16. The molecule has 1 aromatic rings. The molecule has 0 spiro atoms. The van der Waals surface area contributed by atoms with Gasteiger partial charge in [-0.1, -0.05) is 20.8 Å². The van der Waals surface area contributed by atoms with Crippen LogP contribution in [-0.2, 0) is 16.4 Å². The van der Waals surface area contributed by atoms with Crippen molar-refractivity contribution in [2.45, 2.75) is 37.8 Å². The molecule has 0 saturated carbocycles. The van der Waals surface area contributed by atoms with E-state index in [0.29, 0.717) is 16.7 Å². The first-order valence-electron chi connectivity index (χ1n) is 7.13. The van der Waals surface area contributed by atoms with E-state index in [4.69, 9.17) is 0 Å². The Morgan fingerprint density at radius 1 is 1.30 bits per heavy atom. The molecule has 116 valence electrons. The summed E-state index contributed by atoms with van der Waals surface area (Å²) < 4.78 is 26.7. The molecule has 0 unspecified atom stereocenters. The highest BCUT2D eigenvalue weighted by atomic mass is 32.2. The number of sulfonamides is 1. The lowest BCUT2D eigenvalue weighted by atomic mass is 10.2. The van der Waals surface area contributed by atoms with Crippen molar-refractivity contribution in [1.29, 1.82) is 0 Å². The zero-order valence-electron chi connectivity index (χ0n) is 12.8. The lowest BCUT2D eigenvalue weighted by Gasteiger charge is -2.17. The fraction of sp³-hybridized carbons (Fsp3) is 0.714. The SMILES string of the molecule is CCCNCCc1ccc(S(=O)(=O)N(C)CC(C)C)s1. The van der Waals surface area contributed by atoms with E-state index in [9.17, 15) is 8.42 Å². The third-order valence-corrected chi connectivity index (χ3v) is 6.33. The number of nitrogens with zero attached hydrogens (tertiary/aromatic N) is 1. The van der Waals surface area contributed by atoms with Crippen LogP contribution in [0.15, 0.2) is 16.3 Å². The molecule has 0 saturated heterocycles. The Morgan fingerprint density at radius 2 is 2.00 bits per heavy atom. The molecule has 4 nitrogen and oxygen atoms in total. The number of hydrogen-bond donors (Lipinski definition) is 1. The van der Waals surface area contributed by atoms with Gasteiger partial charge in [0, 0.05) is 18.5 Å². The van der Waals surface area contributed by atoms with Crippen LogP contribution in [0.5, 0.6) is 0 Å². The fourth-order valence-corrected chi connectivity index (χ4v) is 4.81. The molecule has 0 fully saturated rings. The normalized spacial score (nSPS) is 12.5. The van der Waals surface area contributed by atoms with Crippen molar-refractivity contribution in [2.75, 3.05) is 26.7 Å². The van der Waals surface area contributed by atoms with Gasteiger partial charge in [0.2, 0.25) is 0 Å². The van der Waals surface area contributed by atoms with Gasteiger partial charge < -0.3 is 5.32 Å². The molecule has 0 amide bonds. The molecular weight excluding hydrogens is 292 g/mol. The first kappa shape index (κ1) is 17.6. The van der Waals surface area contributed by atoms with Gasteiger partial charge in [-0.3, -0.25) is 0 Å². The van der Waals surface area contributed by atoms with Crippen LogP contribution in [0, 0.1) is 5.92 Å². The second-order valence-electron chi connectivity index (χ2n) is 5.40. The predicted molar refractivity (Wildman–Crippen MR) is 85.8 cm³/mol. The molecule has 6 heteroatoms. The minimum absolute atomic E-state index is 0.326. The van der Waals surface area contributed by atoms with Crippen LogP contribution in [0.2, 0.25) is 0 Å². The maximum absolute atomic E-state index is 12.4. The number of thiophene rings is 1. The molecule has 0 aliphatic rings. The maximum atomic E-state index is 12.4. The Labute approximate surface area is 127 Å². The summed E-state index contributed by atoms with van der Waals surface area (Å²) in [5, 5.41) is 3.33. The summed E-state index contributed by atoms with van der Waals surface area (Å²) in [6.45, 7) is 8.63. The van der Waals surface area contributed by atoms with Crippen LogP contribution in [0.3, 0.4) is 0 Å². The smallest absolute Gasteiger partial charge is 0.252 e. The Hall–Kier alpha value is -0.430. The van der Waals surface area contributed by atoms with E-state index < -0.39 is 10.0 Å². The van der Waals surface area contributed by atoms with Gasteiger partial charge in [0.05, 0.1) is 0 Å². The Bertz CT molecular complexity index is 495. The van der Waals surface area contributed by atoms with Crippen molar-refractivity contribution < 1.29 is 8.42 Å². The molecular formula is C14H26N2O2S2. The first-order chi connectivity index (χ1) is 9.37. The van der Waals surface area contributed by atoms with Crippen LogP contribution >= 0.6 is 11.3 Å². The monoisotopic (exact) mass is 318 g/mol. The molecule has 1 rings (SSSR count). The highest BCUT2D eigenvalue weighted by Gasteiger charge is 2.23. The molecule has 20 heavy (non-hydrogen) atoms. The zero-order valence-corrected chi connectivity index (χ0v) is 14.5. The van der Waals surface area contributed by atoms with E-state index in [1.54, 1.807) is 13.1 Å². The molecule has 1 heterocycles. The highest BCUT2D eigenvalue weighted by molar-refractivity contribution is 7.91. The van der Waals surface area contributed by atoms with Gasteiger partial charge >= 0.3 is 0 Å². The van der Waals surface area contributed by atoms with E-state index in [2.05, 4.69) is 12.2 Å². The molecule has 1 N–H and O–H groups in total. The summed E-state index contributed by atoms with van der Waals surface area (Å²) in [6.07, 6.45) is 2.00. The second-order valence-corrected chi connectivity index (χ2v) is 8.84. The topological polar surface area (TPSA) is 49.4 Å². The van der Waals surface area contributed by atoms with E-state index in [1.807, 2.05) is 19.9 Å². The predicted octanol–water partition coefficient (Wildman–Crippen LogP) is 2.57. The van der Waals surface area contributed by atoms with Crippen molar-refractivity contribution in [3.63, 3.8) is 0 Å². The minimum atomic E-state index is -3.32. The second kappa shape index (κ2) is 8.12. The lowest BCUT2D eigenvalue weighted by molar-refractivity contribution is 0.418. The average Bonchev–Trinajstić information content (AvgIpc) is 2.83. The van der Waals surface area contributed by atoms with Gasteiger partial charge in [-0.25, -0.2) is 8.42 Å². The summed E-state index contributed by atoms with van der Waals surface area (Å²) in [5.41, 5.74) is 0. The average molecular weight is 319 g/mol. The van der Waals surface area contributed by atoms with Crippen LogP contribution < -0.4 is 5.32 Å². The van der Waals surface area contributed by atoms with Gasteiger partial charge in [-0.2, -0.15) is 4.31 Å². The largest absolute Gasteiger partial charge is 0.316 e. The standard InChI is InChI=1S/C14H26N2O2S2/c1-5-9-15-10-8-13-6-7-14(19-13)20(17,18)16(4)11-12(2)3/h6-7,12,15H,5,8-11H2,1-4H3. The summed E-state index contributed by atoms with van der Waals surface area (Å²) in [7, 11) is -1.67. The van der Waals surface area contributed by atoms with Crippen LogP contribution in [0.1, 0.15) is 32.1 Å². The fourth-order valence-electron chi connectivity index (χ4n) is 1.91. The number of hydrogen-bond acceptors (Lipinski definition) is 4. The third-order valence-electron chi connectivity index (χ3n) is 2.90. The Kier molecular flexibility index (Phi) is 7.15. The molecule has 0 aliphatic carbocycles. The van der Waals surface area contributed by atoms with Crippen LogP contribution in [-0.4, -0.2) is 39.4 Å². The maximum Gasteiger partial charge on any atom is 0.252 e. The Balaban J connectivity index is 2.65. The van der Waals surface area contributed by atoms with Crippen LogP contribution in [0.25, 0.3) is 0 Å². The molecule has 0 aliphatic heterocycles. The van der Waals surface area contributed by atoms with E-state index >= 15 is 0 Å². The Morgan fingerprint density at radius 3 is 2.60 bits per heavy atom. The molecule has 1 aromatic heterocycles. The summed E-state index contributed by atoms with van der Waals surface area (Å²) in [5.74, 6) is 0.326. The van der Waals surface area contributed by atoms with E-state index in [1.165, 1.54) is 15.6 Å². The van der Waals surface area contributed by atoms with E-state index in [-0.39, 0.29) is 0 Å². The quantitative estimate of drug-likeness (QED) is 0.712. The van der Waals surface area contributed by atoms with Crippen molar-refractivity contribution in [2.24, 2.45) is 5.92 Å². The molecule has 0 radical (unpaired) electrons. The van der Waals surface area contributed by atoms with Crippen LogP contribution in [0.4, 0.5) is 0 Å².